The number of methoxy groups -OCH3 is 2. The Hall–Kier alpha value is -3.34. The summed E-state index contributed by atoms with van der Waals surface area (Å²) in [6.07, 6.45) is 0. The van der Waals surface area contributed by atoms with E-state index in [9.17, 15) is 9.59 Å². The SMILES string of the molecule is COc1ccc(N2C(=O)c3cccc4cccc(c34)C2=O)c(OC)c1. The molecule has 3 aromatic carbocycles. The Labute approximate surface area is 144 Å². The van der Waals surface area contributed by atoms with E-state index in [1.807, 2.05) is 24.3 Å². The molecule has 0 N–H and O–H groups in total. The van der Waals surface area contributed by atoms with Gasteiger partial charge < -0.3 is 9.47 Å². The highest BCUT2D eigenvalue weighted by Gasteiger charge is 2.35. The van der Waals surface area contributed by atoms with Crippen molar-refractivity contribution in [3.05, 3.63) is 65.7 Å². The summed E-state index contributed by atoms with van der Waals surface area (Å²) in [5.74, 6) is 0.253. The van der Waals surface area contributed by atoms with Crippen molar-refractivity contribution in [3.63, 3.8) is 0 Å². The van der Waals surface area contributed by atoms with E-state index in [-0.39, 0.29) is 11.8 Å². The Bertz CT molecular complexity index is 975. The highest BCUT2D eigenvalue weighted by Crippen LogP contribution is 2.38. The van der Waals surface area contributed by atoms with E-state index in [4.69, 9.17) is 9.47 Å². The second kappa shape index (κ2) is 5.63. The van der Waals surface area contributed by atoms with Crippen LogP contribution < -0.4 is 14.4 Å². The number of ether oxygens (including phenoxy) is 2. The molecule has 1 heterocycles. The molecule has 124 valence electrons. The predicted molar refractivity (Wildman–Crippen MR) is 94.6 cm³/mol. The largest absolute Gasteiger partial charge is 0.497 e. The average Bonchev–Trinajstić information content (AvgIpc) is 2.66. The first-order valence-electron chi connectivity index (χ1n) is 7.78. The van der Waals surface area contributed by atoms with Gasteiger partial charge in [0.25, 0.3) is 11.8 Å². The monoisotopic (exact) mass is 333 g/mol. The van der Waals surface area contributed by atoms with Crippen molar-refractivity contribution in [1.29, 1.82) is 0 Å². The Kier molecular flexibility index (Phi) is 3.42. The maximum absolute atomic E-state index is 13.1. The summed E-state index contributed by atoms with van der Waals surface area (Å²) >= 11 is 0. The Balaban J connectivity index is 1.94. The molecule has 3 aromatic rings. The van der Waals surface area contributed by atoms with Crippen molar-refractivity contribution < 1.29 is 19.1 Å². The Morgan fingerprint density at radius 1 is 0.800 bits per heavy atom. The lowest BCUT2D eigenvalue weighted by Crippen LogP contribution is -2.40. The topological polar surface area (TPSA) is 55.8 Å². The van der Waals surface area contributed by atoms with Crippen molar-refractivity contribution in [1.82, 2.24) is 0 Å². The van der Waals surface area contributed by atoms with Gasteiger partial charge in [-0.05, 0) is 29.7 Å². The number of anilines is 1. The second-order valence-electron chi connectivity index (χ2n) is 5.69. The quantitative estimate of drug-likeness (QED) is 0.687. The third-order valence-electron chi connectivity index (χ3n) is 4.40. The van der Waals surface area contributed by atoms with Gasteiger partial charge in [-0.3, -0.25) is 9.59 Å². The lowest BCUT2D eigenvalue weighted by molar-refractivity contribution is 0.0892. The third kappa shape index (κ3) is 2.16. The first-order chi connectivity index (χ1) is 12.2. The molecule has 0 atom stereocenters. The molecule has 1 aliphatic heterocycles. The first kappa shape index (κ1) is 15.2. The number of imide groups is 1. The summed E-state index contributed by atoms with van der Waals surface area (Å²) in [4.78, 5) is 27.3. The van der Waals surface area contributed by atoms with Gasteiger partial charge in [0.1, 0.15) is 11.5 Å². The molecule has 5 heteroatoms. The Morgan fingerprint density at radius 3 is 2.00 bits per heavy atom. The number of nitrogens with zero attached hydrogens (tertiary/aromatic N) is 1. The fourth-order valence-electron chi connectivity index (χ4n) is 3.22. The van der Waals surface area contributed by atoms with Crippen molar-refractivity contribution in [2.75, 3.05) is 19.1 Å². The molecule has 25 heavy (non-hydrogen) atoms. The number of rotatable bonds is 3. The second-order valence-corrected chi connectivity index (χ2v) is 5.69. The van der Waals surface area contributed by atoms with Crippen molar-refractivity contribution >= 4 is 28.3 Å². The van der Waals surface area contributed by atoms with Gasteiger partial charge in [0.05, 0.1) is 19.9 Å². The third-order valence-corrected chi connectivity index (χ3v) is 4.40. The van der Waals surface area contributed by atoms with Gasteiger partial charge in [0.15, 0.2) is 0 Å². The molecule has 0 spiro atoms. The lowest BCUT2D eigenvalue weighted by Gasteiger charge is -2.28. The van der Waals surface area contributed by atoms with Crippen LogP contribution >= 0.6 is 0 Å². The van der Waals surface area contributed by atoms with E-state index in [0.717, 1.165) is 10.3 Å². The molecule has 0 saturated heterocycles. The van der Waals surface area contributed by atoms with Crippen LogP contribution in [0.4, 0.5) is 5.69 Å². The molecule has 0 aromatic heterocycles. The van der Waals surface area contributed by atoms with E-state index in [1.54, 1.807) is 37.4 Å². The summed E-state index contributed by atoms with van der Waals surface area (Å²) in [5, 5.41) is 1.57. The van der Waals surface area contributed by atoms with E-state index in [1.165, 1.54) is 7.11 Å². The molecule has 0 fully saturated rings. The van der Waals surface area contributed by atoms with Gasteiger partial charge >= 0.3 is 0 Å². The van der Waals surface area contributed by atoms with Crippen LogP contribution in [-0.2, 0) is 0 Å². The van der Waals surface area contributed by atoms with Crippen LogP contribution in [-0.4, -0.2) is 26.0 Å². The molecule has 0 saturated carbocycles. The summed E-state index contributed by atoms with van der Waals surface area (Å²) in [6.45, 7) is 0. The zero-order valence-corrected chi connectivity index (χ0v) is 13.8. The van der Waals surface area contributed by atoms with Crippen LogP contribution in [0.5, 0.6) is 11.5 Å². The highest BCUT2D eigenvalue weighted by atomic mass is 16.5. The molecule has 4 rings (SSSR count). The average molecular weight is 333 g/mol. The molecule has 0 aliphatic carbocycles. The lowest BCUT2D eigenvalue weighted by atomic mass is 9.93. The van der Waals surface area contributed by atoms with Crippen LogP contribution in [0.2, 0.25) is 0 Å². The number of carbonyl (C=O) groups excluding carboxylic acids is 2. The zero-order chi connectivity index (χ0) is 17.6. The summed E-state index contributed by atoms with van der Waals surface area (Å²) in [5.41, 5.74) is 1.40. The molecule has 0 radical (unpaired) electrons. The van der Waals surface area contributed by atoms with Gasteiger partial charge in [-0.25, -0.2) is 4.90 Å². The van der Waals surface area contributed by atoms with Crippen LogP contribution in [0.3, 0.4) is 0 Å². The maximum atomic E-state index is 13.1. The van der Waals surface area contributed by atoms with Crippen LogP contribution in [0.1, 0.15) is 20.7 Å². The normalized spacial score (nSPS) is 13.3. The van der Waals surface area contributed by atoms with Crippen LogP contribution in [0.15, 0.2) is 54.6 Å². The van der Waals surface area contributed by atoms with E-state index in [0.29, 0.717) is 33.7 Å². The molecular formula is C20H15NO4. The number of carbonyl (C=O) groups is 2. The number of amides is 2. The van der Waals surface area contributed by atoms with Crippen molar-refractivity contribution in [2.45, 2.75) is 0 Å². The number of hydrogen-bond acceptors (Lipinski definition) is 4. The number of hydrogen-bond donors (Lipinski definition) is 0. The smallest absolute Gasteiger partial charge is 0.266 e. The molecule has 0 bridgehead atoms. The molecule has 5 nitrogen and oxygen atoms in total. The van der Waals surface area contributed by atoms with Gasteiger partial charge in [-0.2, -0.15) is 0 Å². The minimum absolute atomic E-state index is 0.363. The zero-order valence-electron chi connectivity index (χ0n) is 13.8. The summed E-state index contributed by atoms with van der Waals surface area (Å²) in [7, 11) is 3.04. The fraction of sp³-hybridized carbons (Fsp3) is 0.100. The summed E-state index contributed by atoms with van der Waals surface area (Å²) < 4.78 is 10.6. The first-order valence-corrected chi connectivity index (χ1v) is 7.78. The van der Waals surface area contributed by atoms with Crippen molar-refractivity contribution in [2.24, 2.45) is 0 Å². The maximum Gasteiger partial charge on any atom is 0.266 e. The molecule has 2 amide bonds. The van der Waals surface area contributed by atoms with Crippen LogP contribution in [0.25, 0.3) is 10.8 Å². The highest BCUT2D eigenvalue weighted by molar-refractivity contribution is 6.36. The Morgan fingerprint density at radius 2 is 1.44 bits per heavy atom. The van der Waals surface area contributed by atoms with Gasteiger partial charge in [-0.1, -0.05) is 24.3 Å². The van der Waals surface area contributed by atoms with Gasteiger partial charge in [0.2, 0.25) is 0 Å². The van der Waals surface area contributed by atoms with E-state index >= 15 is 0 Å². The minimum atomic E-state index is -0.363. The fourth-order valence-corrected chi connectivity index (χ4v) is 3.22. The van der Waals surface area contributed by atoms with Crippen LogP contribution in [0, 0.1) is 0 Å². The van der Waals surface area contributed by atoms with Gasteiger partial charge in [0, 0.05) is 22.6 Å². The summed E-state index contributed by atoms with van der Waals surface area (Å²) in [6, 6.07) is 15.9. The standard InChI is InChI=1S/C20H15NO4/c1-24-13-9-10-16(17(11-13)25-2)21-19(22)14-7-3-5-12-6-4-8-15(18(12)14)20(21)23/h3-11H,1-2H3. The predicted octanol–water partition coefficient (Wildman–Crippen LogP) is 3.66. The minimum Gasteiger partial charge on any atom is -0.497 e. The van der Waals surface area contributed by atoms with Crippen molar-refractivity contribution in [3.8, 4) is 11.5 Å². The number of benzene rings is 3. The van der Waals surface area contributed by atoms with E-state index < -0.39 is 0 Å². The molecule has 0 unspecified atom stereocenters. The van der Waals surface area contributed by atoms with E-state index in [2.05, 4.69) is 0 Å². The van der Waals surface area contributed by atoms with Gasteiger partial charge in [-0.15, -0.1) is 0 Å². The molecule has 1 aliphatic rings. The molecular weight excluding hydrogens is 318 g/mol.